The monoisotopic (exact) mass is 258 g/mol. The van der Waals surface area contributed by atoms with Gasteiger partial charge in [-0.3, -0.25) is 4.79 Å². The Balaban J connectivity index is 1.91. The molecule has 2 rings (SSSR count). The highest BCUT2D eigenvalue weighted by atomic mass is 32.2. The molecule has 0 saturated carbocycles. The van der Waals surface area contributed by atoms with Gasteiger partial charge in [-0.2, -0.15) is 11.8 Å². The predicted molar refractivity (Wildman–Crippen MR) is 70.3 cm³/mol. The highest BCUT2D eigenvalue weighted by Gasteiger charge is 2.40. The molecule has 0 aromatic carbocycles. The van der Waals surface area contributed by atoms with Crippen molar-refractivity contribution in [1.82, 2.24) is 10.6 Å². The first-order valence-electron chi connectivity index (χ1n) is 6.41. The van der Waals surface area contributed by atoms with Gasteiger partial charge in [-0.15, -0.1) is 0 Å². The summed E-state index contributed by atoms with van der Waals surface area (Å²) in [6, 6.07) is 0.352. The molecule has 0 spiro atoms. The molecule has 0 unspecified atom stereocenters. The van der Waals surface area contributed by atoms with Gasteiger partial charge in [0.25, 0.3) is 5.91 Å². The van der Waals surface area contributed by atoms with Gasteiger partial charge in [-0.05, 0) is 50.3 Å². The second kappa shape index (κ2) is 6.07. The summed E-state index contributed by atoms with van der Waals surface area (Å²) in [5.74, 6) is 2.41. The van der Waals surface area contributed by atoms with Crippen LogP contribution in [0.25, 0.3) is 0 Å². The minimum atomic E-state index is -0.587. The van der Waals surface area contributed by atoms with Gasteiger partial charge < -0.3 is 15.4 Å². The van der Waals surface area contributed by atoms with E-state index in [4.69, 9.17) is 4.74 Å². The van der Waals surface area contributed by atoms with E-state index in [1.54, 1.807) is 7.11 Å². The van der Waals surface area contributed by atoms with E-state index in [1.165, 1.54) is 0 Å². The number of rotatable bonds is 3. The number of carbonyl (C=O) groups excluding carboxylic acids is 1. The summed E-state index contributed by atoms with van der Waals surface area (Å²) in [6.07, 6.45) is 3.73. The maximum Gasteiger partial charge on any atom is 0.252 e. The van der Waals surface area contributed by atoms with E-state index in [-0.39, 0.29) is 5.91 Å². The lowest BCUT2D eigenvalue weighted by atomic mass is 9.90. The van der Waals surface area contributed by atoms with Crippen molar-refractivity contribution in [3.05, 3.63) is 0 Å². The van der Waals surface area contributed by atoms with E-state index in [1.807, 2.05) is 11.8 Å². The zero-order chi connectivity index (χ0) is 12.1. The lowest BCUT2D eigenvalue weighted by molar-refractivity contribution is -0.147. The summed E-state index contributed by atoms with van der Waals surface area (Å²) in [7, 11) is 1.65. The molecule has 98 valence electrons. The summed E-state index contributed by atoms with van der Waals surface area (Å²) in [6.45, 7) is 1.73. The molecule has 0 atom stereocenters. The molecule has 2 aliphatic rings. The molecule has 2 aliphatic heterocycles. The second-order valence-corrected chi connectivity index (χ2v) is 6.03. The van der Waals surface area contributed by atoms with Crippen LogP contribution in [0.4, 0.5) is 0 Å². The summed E-state index contributed by atoms with van der Waals surface area (Å²) in [5.41, 5.74) is -0.587. The highest BCUT2D eigenvalue weighted by Crippen LogP contribution is 2.24. The summed E-state index contributed by atoms with van der Waals surface area (Å²) < 4.78 is 5.52. The van der Waals surface area contributed by atoms with Crippen LogP contribution in [0, 0.1) is 0 Å². The molecule has 2 fully saturated rings. The van der Waals surface area contributed by atoms with Gasteiger partial charge >= 0.3 is 0 Å². The van der Waals surface area contributed by atoms with E-state index < -0.39 is 5.60 Å². The Morgan fingerprint density at radius 3 is 2.59 bits per heavy atom. The maximum atomic E-state index is 12.3. The van der Waals surface area contributed by atoms with Crippen LogP contribution < -0.4 is 10.6 Å². The van der Waals surface area contributed by atoms with Crippen molar-refractivity contribution in [3.63, 3.8) is 0 Å². The maximum absolute atomic E-state index is 12.3. The van der Waals surface area contributed by atoms with Crippen LogP contribution in [0.15, 0.2) is 0 Å². The zero-order valence-electron chi connectivity index (χ0n) is 10.5. The Morgan fingerprint density at radius 2 is 2.00 bits per heavy atom. The van der Waals surface area contributed by atoms with E-state index in [0.29, 0.717) is 6.04 Å². The molecular weight excluding hydrogens is 236 g/mol. The molecule has 2 heterocycles. The largest absolute Gasteiger partial charge is 0.368 e. The highest BCUT2D eigenvalue weighted by molar-refractivity contribution is 7.99. The topological polar surface area (TPSA) is 50.4 Å². The molecule has 0 aliphatic carbocycles. The number of hydrogen-bond acceptors (Lipinski definition) is 4. The minimum Gasteiger partial charge on any atom is -0.368 e. The lowest BCUT2D eigenvalue weighted by Crippen LogP contribution is -2.56. The van der Waals surface area contributed by atoms with Gasteiger partial charge in [0.2, 0.25) is 0 Å². The summed E-state index contributed by atoms with van der Waals surface area (Å²) in [4.78, 5) is 12.3. The van der Waals surface area contributed by atoms with Crippen molar-refractivity contribution in [2.45, 2.75) is 37.3 Å². The third kappa shape index (κ3) is 3.14. The molecule has 0 aromatic heterocycles. The van der Waals surface area contributed by atoms with Crippen LogP contribution in [0.1, 0.15) is 25.7 Å². The summed E-state index contributed by atoms with van der Waals surface area (Å²) in [5, 5.41) is 6.44. The zero-order valence-corrected chi connectivity index (χ0v) is 11.3. The quantitative estimate of drug-likeness (QED) is 0.785. The molecule has 4 nitrogen and oxygen atoms in total. The number of thioether (sulfide) groups is 1. The van der Waals surface area contributed by atoms with Crippen molar-refractivity contribution in [1.29, 1.82) is 0 Å². The van der Waals surface area contributed by atoms with Crippen LogP contribution in [-0.4, -0.2) is 49.3 Å². The molecular formula is C12H22N2O2S. The van der Waals surface area contributed by atoms with Gasteiger partial charge in [0.1, 0.15) is 5.60 Å². The smallest absolute Gasteiger partial charge is 0.252 e. The molecule has 17 heavy (non-hydrogen) atoms. The first-order valence-corrected chi connectivity index (χ1v) is 7.57. The van der Waals surface area contributed by atoms with E-state index >= 15 is 0 Å². The normalized spacial score (nSPS) is 25.5. The second-order valence-electron chi connectivity index (χ2n) is 4.81. The summed E-state index contributed by atoms with van der Waals surface area (Å²) >= 11 is 1.97. The van der Waals surface area contributed by atoms with Gasteiger partial charge in [-0.1, -0.05) is 0 Å². The Labute approximate surface area is 107 Å². The SMILES string of the molecule is COC1(C(=O)NC2CCSCC2)CCNCC1. The molecule has 5 heteroatoms. The molecule has 2 N–H and O–H groups in total. The predicted octanol–water partition coefficient (Wildman–Crippen LogP) is 0.767. The number of methoxy groups -OCH3 is 1. The van der Waals surface area contributed by atoms with E-state index in [0.717, 1.165) is 50.3 Å². The van der Waals surface area contributed by atoms with E-state index in [2.05, 4.69) is 10.6 Å². The van der Waals surface area contributed by atoms with Crippen LogP contribution in [0.5, 0.6) is 0 Å². The number of ether oxygens (including phenoxy) is 1. The number of nitrogens with one attached hydrogen (secondary N) is 2. The van der Waals surface area contributed by atoms with Gasteiger partial charge in [-0.25, -0.2) is 0 Å². The fraction of sp³-hybridized carbons (Fsp3) is 0.917. The number of amides is 1. The van der Waals surface area contributed by atoms with Crippen molar-refractivity contribution in [2.24, 2.45) is 0 Å². The fourth-order valence-corrected chi connectivity index (χ4v) is 3.62. The number of hydrogen-bond donors (Lipinski definition) is 2. The third-order valence-electron chi connectivity index (χ3n) is 3.77. The first kappa shape index (κ1) is 13.2. The van der Waals surface area contributed by atoms with Crippen molar-refractivity contribution in [2.75, 3.05) is 31.7 Å². The van der Waals surface area contributed by atoms with Crippen molar-refractivity contribution < 1.29 is 9.53 Å². The van der Waals surface area contributed by atoms with Crippen LogP contribution >= 0.6 is 11.8 Å². The van der Waals surface area contributed by atoms with Crippen LogP contribution in [0.2, 0.25) is 0 Å². The molecule has 2 saturated heterocycles. The lowest BCUT2D eigenvalue weighted by Gasteiger charge is -2.36. The number of carbonyl (C=O) groups is 1. The van der Waals surface area contributed by atoms with Gasteiger partial charge in [0.05, 0.1) is 0 Å². The Morgan fingerprint density at radius 1 is 1.35 bits per heavy atom. The van der Waals surface area contributed by atoms with Crippen LogP contribution in [-0.2, 0) is 9.53 Å². The average Bonchev–Trinajstić information content (AvgIpc) is 2.40. The fourth-order valence-electron chi connectivity index (χ4n) is 2.51. The molecule has 0 aromatic rings. The molecule has 1 amide bonds. The van der Waals surface area contributed by atoms with Crippen molar-refractivity contribution >= 4 is 17.7 Å². The van der Waals surface area contributed by atoms with Crippen LogP contribution in [0.3, 0.4) is 0 Å². The standard InChI is InChI=1S/C12H22N2O2S/c1-16-12(4-6-13-7-5-12)11(15)14-10-2-8-17-9-3-10/h10,13H,2-9H2,1H3,(H,14,15). The third-order valence-corrected chi connectivity index (χ3v) is 4.82. The minimum absolute atomic E-state index is 0.0957. The Kier molecular flexibility index (Phi) is 4.70. The Hall–Kier alpha value is -0.260. The van der Waals surface area contributed by atoms with E-state index in [9.17, 15) is 4.79 Å². The average molecular weight is 258 g/mol. The molecule has 0 bridgehead atoms. The molecule has 0 radical (unpaired) electrons. The Bertz CT molecular complexity index is 261. The first-order chi connectivity index (χ1) is 8.27. The van der Waals surface area contributed by atoms with Gasteiger partial charge in [0, 0.05) is 13.2 Å². The van der Waals surface area contributed by atoms with Crippen molar-refractivity contribution in [3.8, 4) is 0 Å². The van der Waals surface area contributed by atoms with Gasteiger partial charge in [0.15, 0.2) is 0 Å². The number of piperidine rings is 1.